The van der Waals surface area contributed by atoms with Gasteiger partial charge in [-0.2, -0.15) is 0 Å². The van der Waals surface area contributed by atoms with Crippen LogP contribution in [-0.2, 0) is 17.1 Å². The molecule has 11 rings (SSSR count). The summed E-state index contributed by atoms with van der Waals surface area (Å²) >= 11 is 9.53. The third-order valence-electron chi connectivity index (χ3n) is 12.6. The van der Waals surface area contributed by atoms with Gasteiger partial charge < -0.3 is 17.3 Å². The molecule has 404 valence electrons. The normalized spacial score (nSPS) is 12.4. The van der Waals surface area contributed by atoms with E-state index in [1.165, 1.54) is 53.7 Å². The van der Waals surface area contributed by atoms with Crippen molar-refractivity contribution in [3.63, 3.8) is 0 Å². The van der Waals surface area contributed by atoms with Crippen molar-refractivity contribution in [1.29, 1.82) is 0 Å². The van der Waals surface area contributed by atoms with Gasteiger partial charge in [0.2, 0.25) is 0 Å². The van der Waals surface area contributed by atoms with Crippen LogP contribution in [0.5, 0.6) is 0 Å². The monoisotopic (exact) mass is 1180 g/mol. The van der Waals surface area contributed by atoms with Crippen LogP contribution in [0, 0.1) is 0 Å². The van der Waals surface area contributed by atoms with Gasteiger partial charge in [-0.3, -0.25) is 0 Å². The second kappa shape index (κ2) is 31.4. The molecule has 0 N–H and O–H groups in total. The van der Waals surface area contributed by atoms with Crippen molar-refractivity contribution in [2.45, 2.75) is 39.5 Å². The number of aliphatic imine (C=N–C) groups is 2. The van der Waals surface area contributed by atoms with Crippen LogP contribution >= 0.6 is 39.0 Å². The molecule has 0 aliphatic heterocycles. The molecule has 0 amide bonds. The first kappa shape index (κ1) is 61.8. The summed E-state index contributed by atoms with van der Waals surface area (Å²) in [7, 11) is -7.75. The molecule has 0 aromatic heterocycles. The van der Waals surface area contributed by atoms with Gasteiger partial charge in [-0.05, 0) is 125 Å². The van der Waals surface area contributed by atoms with Gasteiger partial charge >= 0.3 is 24.3 Å². The molecule has 0 fully saturated rings. The van der Waals surface area contributed by atoms with Crippen LogP contribution < -0.4 is 31.8 Å². The number of alkyl halides is 2. The van der Waals surface area contributed by atoms with Crippen molar-refractivity contribution in [2.75, 3.05) is 5.34 Å². The van der Waals surface area contributed by atoms with Crippen molar-refractivity contribution in [1.82, 2.24) is 0 Å². The van der Waals surface area contributed by atoms with E-state index in [9.17, 15) is 17.3 Å². The Kier molecular flexibility index (Phi) is 24.5. The maximum absolute atomic E-state index is 9.75. The molecule has 1 aliphatic carbocycles. The average Bonchev–Trinajstić information content (AvgIpc) is 3.84. The van der Waals surface area contributed by atoms with E-state index in [1.54, 1.807) is 0 Å². The number of hydrogen-bond acceptors (Lipinski definition) is 2. The van der Waals surface area contributed by atoms with E-state index < -0.39 is 23.1 Å². The van der Waals surface area contributed by atoms with Gasteiger partial charge in [0.05, 0.1) is 44.0 Å². The molecule has 10 aromatic rings. The Bertz CT molecular complexity index is 3020. The Labute approximate surface area is 486 Å². The molecular weight excluding hydrogens is 1120 g/mol. The van der Waals surface area contributed by atoms with E-state index in [-0.39, 0.29) is 22.4 Å². The second-order valence-corrected chi connectivity index (χ2v) is 24.4. The fourth-order valence-corrected chi connectivity index (χ4v) is 14.1. The molecule has 12 heteroatoms. The topological polar surface area (TPSA) is 24.7 Å². The van der Waals surface area contributed by atoms with Gasteiger partial charge in [0.25, 0.3) is 0 Å². The van der Waals surface area contributed by atoms with E-state index in [1.807, 2.05) is 0 Å². The van der Waals surface area contributed by atoms with E-state index in [0.717, 1.165) is 33.9 Å². The molecule has 0 bridgehead atoms. The van der Waals surface area contributed by atoms with Crippen molar-refractivity contribution in [3.8, 4) is 0 Å². The summed E-state index contributed by atoms with van der Waals surface area (Å²) in [5.74, 6) is 1.01. The molecular formula is C67H62BCl2CuF4N2P2+2. The van der Waals surface area contributed by atoms with Crippen LogP contribution in [0.3, 0.4) is 0 Å². The molecule has 1 aliphatic rings. The third-order valence-corrected chi connectivity index (χ3v) is 18.1. The Hall–Kier alpha value is -6.46. The van der Waals surface area contributed by atoms with Gasteiger partial charge in [0, 0.05) is 16.5 Å². The molecule has 79 heavy (non-hydrogen) atoms. The van der Waals surface area contributed by atoms with Crippen molar-refractivity contribution >= 4 is 112 Å². The Morgan fingerprint density at radius 3 is 0.797 bits per heavy atom. The third kappa shape index (κ3) is 18.3. The first-order chi connectivity index (χ1) is 37.8. The van der Waals surface area contributed by atoms with Crippen molar-refractivity contribution < 1.29 is 34.3 Å². The number of hydrogen-bond donors (Lipinski definition) is 0. The van der Waals surface area contributed by atoms with Gasteiger partial charge in [-0.25, -0.2) is 9.98 Å². The SMILES string of the molecule is CC(C)c1ccc(N=C2C(=Nc3ccc(C(C)C)cc3)c3cccc4cccc2c34)cc1.ClCCl.F[B-](F)(F)F.[Cu+].c1ccc([PH+](c2ccccc2)c2ccccc2)cc1.c1ccc([PH+](c2ccccc2)c2ccccc2)cc1. The zero-order valence-electron chi connectivity index (χ0n) is 44.3. The fraction of sp³-hybridized carbons (Fsp3) is 0.104. The molecule has 0 spiro atoms. The molecule has 0 radical (unpaired) electrons. The van der Waals surface area contributed by atoms with E-state index in [4.69, 9.17) is 33.2 Å². The Balaban J connectivity index is 0.000000186. The van der Waals surface area contributed by atoms with Crippen LogP contribution in [0.2, 0.25) is 0 Å². The minimum absolute atomic E-state index is 0. The molecule has 0 saturated heterocycles. The number of nitrogens with zero attached hydrogens (tertiary/aromatic N) is 2. The molecule has 2 nitrogen and oxygen atoms in total. The quantitative estimate of drug-likeness (QED) is 0.0564. The maximum Gasteiger partial charge on any atom is 1.00 e. The molecule has 0 saturated carbocycles. The van der Waals surface area contributed by atoms with Gasteiger partial charge in [-0.15, -0.1) is 23.2 Å². The minimum atomic E-state index is -6.00. The second-order valence-electron chi connectivity index (χ2n) is 18.7. The summed E-state index contributed by atoms with van der Waals surface area (Å²) in [6, 6.07) is 95.0. The predicted molar refractivity (Wildman–Crippen MR) is 337 cm³/mol. The zero-order chi connectivity index (χ0) is 55.3. The summed E-state index contributed by atoms with van der Waals surface area (Å²) < 4.78 is 39.0. The van der Waals surface area contributed by atoms with E-state index in [2.05, 4.69) is 295 Å². The van der Waals surface area contributed by atoms with Crippen LogP contribution in [0.1, 0.15) is 61.8 Å². The van der Waals surface area contributed by atoms with Crippen LogP contribution in [0.4, 0.5) is 28.6 Å². The minimum Gasteiger partial charge on any atom is -0.418 e. The zero-order valence-corrected chi connectivity index (χ0v) is 48.8. The number of benzene rings is 10. The van der Waals surface area contributed by atoms with Crippen LogP contribution in [-0.4, -0.2) is 24.0 Å². The van der Waals surface area contributed by atoms with Crippen LogP contribution in [0.25, 0.3) is 10.8 Å². The van der Waals surface area contributed by atoms with E-state index in [0.29, 0.717) is 11.8 Å². The maximum atomic E-state index is 9.75. The number of halogens is 6. The van der Waals surface area contributed by atoms with E-state index >= 15 is 0 Å². The number of rotatable bonds is 10. The fourth-order valence-electron chi connectivity index (χ4n) is 8.97. The summed E-state index contributed by atoms with van der Waals surface area (Å²) in [6.45, 7) is 8.85. The average molecular weight is 1180 g/mol. The summed E-state index contributed by atoms with van der Waals surface area (Å²) in [5, 5.41) is 11.3. The largest absolute Gasteiger partial charge is 1.00 e. The first-order valence-corrected chi connectivity index (χ1v) is 29.9. The Morgan fingerprint density at radius 1 is 0.354 bits per heavy atom. The van der Waals surface area contributed by atoms with Gasteiger partial charge in [0.1, 0.15) is 31.8 Å². The molecule has 0 unspecified atom stereocenters. The van der Waals surface area contributed by atoms with Crippen molar-refractivity contribution in [2.24, 2.45) is 9.98 Å². The molecule has 0 atom stereocenters. The predicted octanol–water partition coefficient (Wildman–Crippen LogP) is 17.4. The first-order valence-electron chi connectivity index (χ1n) is 25.8. The standard InChI is InChI=1S/C30H28N2.2C18H15P.CH2Cl2.BF4.Cu/c1-19(2)21-11-15-24(16-12-21)31-29-26-9-5-7-23-8-6-10-27(28(23)26)30(29)32-25-17-13-22(14-18-25)20(3)4;2*1-4-10-16(11-5-1)19(17-12-6-2-7-13-17)18-14-8-3-9-15-18;2-1-3;2-1(3,4)5;/h5-20H,1-4H3;2*1-15H;1H2;;/q;;;;-1;+1/p+2. The van der Waals surface area contributed by atoms with Gasteiger partial charge in [0.15, 0.2) is 0 Å². The summed E-state index contributed by atoms with van der Waals surface area (Å²) in [4.78, 5) is 10.2. The van der Waals surface area contributed by atoms with Gasteiger partial charge in [-0.1, -0.05) is 198 Å². The smallest absolute Gasteiger partial charge is 0.418 e. The summed E-state index contributed by atoms with van der Waals surface area (Å²) in [6.07, 6.45) is 0. The molecule has 0 heterocycles. The summed E-state index contributed by atoms with van der Waals surface area (Å²) in [5.41, 5.74) is 8.76. The Morgan fingerprint density at radius 2 is 0.582 bits per heavy atom. The van der Waals surface area contributed by atoms with Crippen molar-refractivity contribution in [3.05, 3.63) is 289 Å². The molecule has 10 aromatic carbocycles. The van der Waals surface area contributed by atoms with Crippen LogP contribution in [0.15, 0.2) is 277 Å².